The number of rotatable bonds is 9. The molecule has 2 amide bonds. The van der Waals surface area contributed by atoms with Crippen molar-refractivity contribution in [1.29, 1.82) is 0 Å². The van der Waals surface area contributed by atoms with Gasteiger partial charge in [-0.1, -0.05) is 12.1 Å². The Kier molecular flexibility index (Phi) is 6.83. The van der Waals surface area contributed by atoms with E-state index in [9.17, 15) is 9.59 Å². The molecule has 9 heteroatoms. The van der Waals surface area contributed by atoms with E-state index in [0.717, 1.165) is 51.6 Å². The number of carbonyl (C=O) groups excluding carboxylic acids is 2. The molecule has 0 aromatic carbocycles. The van der Waals surface area contributed by atoms with E-state index in [4.69, 9.17) is 4.74 Å². The molecule has 192 valence electrons. The van der Waals surface area contributed by atoms with Crippen LogP contribution in [0.3, 0.4) is 0 Å². The van der Waals surface area contributed by atoms with Gasteiger partial charge in [-0.2, -0.15) is 4.98 Å². The van der Waals surface area contributed by atoms with Crippen LogP contribution in [0, 0.1) is 11.8 Å². The number of pyridine rings is 2. The Morgan fingerprint density at radius 1 is 1.03 bits per heavy atom. The summed E-state index contributed by atoms with van der Waals surface area (Å²) in [5.41, 5.74) is -0.266. The van der Waals surface area contributed by atoms with Crippen molar-refractivity contribution >= 4 is 17.8 Å². The quantitative estimate of drug-likeness (QED) is 0.460. The lowest BCUT2D eigenvalue weighted by Crippen LogP contribution is -2.70. The first kappa shape index (κ1) is 24.5. The molecule has 2 heterocycles. The molecule has 4 aliphatic rings. The molecule has 4 aliphatic carbocycles. The molecule has 3 N–H and O–H groups in total. The van der Waals surface area contributed by atoms with Crippen molar-refractivity contribution in [2.24, 2.45) is 11.8 Å². The fourth-order valence-electron chi connectivity index (χ4n) is 6.88. The Morgan fingerprint density at radius 3 is 2.47 bits per heavy atom. The van der Waals surface area contributed by atoms with E-state index in [2.05, 4.69) is 30.8 Å². The largest absolute Gasteiger partial charge is 0.414 e. The van der Waals surface area contributed by atoms with Crippen LogP contribution >= 0.6 is 0 Å². The summed E-state index contributed by atoms with van der Waals surface area (Å²) in [7, 11) is 4.09. The maximum atomic E-state index is 13.0. The van der Waals surface area contributed by atoms with Crippen LogP contribution in [0.25, 0.3) is 0 Å². The second kappa shape index (κ2) is 10.0. The van der Waals surface area contributed by atoms with Crippen molar-refractivity contribution in [3.05, 3.63) is 48.3 Å². The van der Waals surface area contributed by atoms with Crippen LogP contribution < -0.4 is 20.7 Å². The van der Waals surface area contributed by atoms with Gasteiger partial charge in [0, 0.05) is 29.9 Å². The minimum atomic E-state index is -0.486. The Morgan fingerprint density at radius 2 is 1.78 bits per heavy atom. The number of nitrogens with zero attached hydrogens (tertiary/aromatic N) is 3. The Labute approximate surface area is 212 Å². The molecule has 0 radical (unpaired) electrons. The van der Waals surface area contributed by atoms with Crippen molar-refractivity contribution in [3.63, 3.8) is 0 Å². The SMILES string of the molecule is CN(C)CCCNc1cccc(OC(=O)NC23CC4CC(C2)CC(NC(=O)c2ccccn2)(C4)C3)n1. The summed E-state index contributed by atoms with van der Waals surface area (Å²) in [4.78, 5) is 36.7. The number of anilines is 1. The molecule has 2 aromatic heterocycles. The second-order valence-electron chi connectivity index (χ2n) is 11.1. The zero-order valence-electron chi connectivity index (χ0n) is 21.1. The lowest BCUT2D eigenvalue weighted by Gasteiger charge is -2.61. The molecule has 2 aromatic rings. The van der Waals surface area contributed by atoms with Gasteiger partial charge in [-0.15, -0.1) is 0 Å². The molecular weight excluding hydrogens is 456 g/mol. The van der Waals surface area contributed by atoms with Crippen molar-refractivity contribution in [1.82, 2.24) is 25.5 Å². The Hall–Kier alpha value is -3.20. The van der Waals surface area contributed by atoms with Gasteiger partial charge >= 0.3 is 6.09 Å². The van der Waals surface area contributed by atoms with E-state index in [1.807, 2.05) is 32.3 Å². The van der Waals surface area contributed by atoms with Crippen molar-refractivity contribution in [3.8, 4) is 5.88 Å². The number of hydrogen-bond acceptors (Lipinski definition) is 7. The summed E-state index contributed by atoms with van der Waals surface area (Å²) in [5, 5.41) is 9.79. The minimum Gasteiger partial charge on any atom is -0.391 e. The zero-order valence-corrected chi connectivity index (χ0v) is 21.1. The number of ether oxygens (including phenoxy) is 1. The zero-order chi connectivity index (χ0) is 25.2. The summed E-state index contributed by atoms with van der Waals surface area (Å²) >= 11 is 0. The first-order chi connectivity index (χ1) is 17.3. The molecule has 4 bridgehead atoms. The molecule has 9 nitrogen and oxygen atoms in total. The number of carbonyl (C=O) groups is 2. The number of aromatic nitrogens is 2. The normalized spacial score (nSPS) is 28.1. The van der Waals surface area contributed by atoms with E-state index in [-0.39, 0.29) is 22.9 Å². The van der Waals surface area contributed by atoms with Gasteiger partial charge in [0.1, 0.15) is 11.5 Å². The van der Waals surface area contributed by atoms with Crippen LogP contribution in [-0.4, -0.2) is 65.1 Å². The third-order valence-corrected chi connectivity index (χ3v) is 7.71. The maximum absolute atomic E-state index is 13.0. The third-order valence-electron chi connectivity index (χ3n) is 7.71. The fraction of sp³-hybridized carbons (Fsp3) is 0.556. The average molecular weight is 493 g/mol. The third kappa shape index (κ3) is 5.61. The van der Waals surface area contributed by atoms with Gasteiger partial charge in [-0.05, 0) is 95.6 Å². The fourth-order valence-corrected chi connectivity index (χ4v) is 6.88. The first-order valence-electron chi connectivity index (χ1n) is 12.9. The van der Waals surface area contributed by atoms with E-state index in [1.54, 1.807) is 24.4 Å². The lowest BCUT2D eigenvalue weighted by atomic mass is 9.50. The molecule has 2 unspecified atom stereocenters. The minimum absolute atomic E-state index is 0.144. The average Bonchev–Trinajstić information content (AvgIpc) is 2.81. The highest BCUT2D eigenvalue weighted by Crippen LogP contribution is 2.57. The summed E-state index contributed by atoms with van der Waals surface area (Å²) in [6.07, 6.45) is 7.74. The van der Waals surface area contributed by atoms with Crippen molar-refractivity contribution in [2.45, 2.75) is 56.0 Å². The number of hydrogen-bond donors (Lipinski definition) is 3. The number of amides is 2. The van der Waals surface area contributed by atoms with Gasteiger partial charge in [0.05, 0.1) is 0 Å². The number of nitrogens with one attached hydrogen (secondary N) is 3. The van der Waals surface area contributed by atoms with Crippen LogP contribution in [0.1, 0.15) is 55.4 Å². The molecular formula is C27H36N6O3. The van der Waals surface area contributed by atoms with E-state index in [1.165, 1.54) is 0 Å². The molecule has 0 aliphatic heterocycles. The van der Waals surface area contributed by atoms with Gasteiger partial charge < -0.3 is 25.6 Å². The standard InChI is InChI=1S/C27H36N6O3/c1-33(2)12-6-11-29-22-8-5-9-23(30-22)36-25(35)32-27-16-19-13-20(17-27)15-26(14-19,18-27)31-24(34)21-7-3-4-10-28-21/h3-5,7-10,19-20H,6,11-18H2,1-2H3,(H,29,30)(H,31,34)(H,32,35). The molecule has 0 saturated heterocycles. The monoisotopic (exact) mass is 492 g/mol. The first-order valence-corrected chi connectivity index (χ1v) is 12.9. The molecule has 0 spiro atoms. The van der Waals surface area contributed by atoms with Crippen LogP contribution in [0.15, 0.2) is 42.6 Å². The van der Waals surface area contributed by atoms with Gasteiger partial charge in [0.15, 0.2) is 0 Å². The van der Waals surface area contributed by atoms with Crippen LogP contribution in [-0.2, 0) is 0 Å². The molecule has 2 atom stereocenters. The predicted octanol–water partition coefficient (Wildman–Crippen LogP) is 3.45. The van der Waals surface area contributed by atoms with Gasteiger partial charge in [0.2, 0.25) is 5.88 Å². The highest BCUT2D eigenvalue weighted by atomic mass is 16.6. The van der Waals surface area contributed by atoms with Crippen molar-refractivity contribution in [2.75, 3.05) is 32.5 Å². The maximum Gasteiger partial charge on any atom is 0.414 e. The summed E-state index contributed by atoms with van der Waals surface area (Å²) < 4.78 is 5.62. The van der Waals surface area contributed by atoms with Crippen LogP contribution in [0.4, 0.5) is 10.6 Å². The van der Waals surface area contributed by atoms with E-state index in [0.29, 0.717) is 29.8 Å². The van der Waals surface area contributed by atoms with Crippen molar-refractivity contribution < 1.29 is 14.3 Å². The molecule has 4 fully saturated rings. The van der Waals surface area contributed by atoms with E-state index < -0.39 is 6.09 Å². The van der Waals surface area contributed by atoms with Crippen LogP contribution in [0.5, 0.6) is 5.88 Å². The van der Waals surface area contributed by atoms with Gasteiger partial charge in [-0.3, -0.25) is 9.78 Å². The van der Waals surface area contributed by atoms with Crippen LogP contribution in [0.2, 0.25) is 0 Å². The topological polar surface area (TPSA) is 108 Å². The van der Waals surface area contributed by atoms with Gasteiger partial charge in [0.25, 0.3) is 5.91 Å². The predicted molar refractivity (Wildman–Crippen MR) is 137 cm³/mol. The molecule has 6 rings (SSSR count). The second-order valence-corrected chi connectivity index (χ2v) is 11.1. The molecule has 36 heavy (non-hydrogen) atoms. The summed E-state index contributed by atoms with van der Waals surface area (Å²) in [6.45, 7) is 1.78. The van der Waals surface area contributed by atoms with E-state index >= 15 is 0 Å². The highest BCUT2D eigenvalue weighted by Gasteiger charge is 2.59. The smallest absolute Gasteiger partial charge is 0.391 e. The summed E-state index contributed by atoms with van der Waals surface area (Å²) in [6, 6.07) is 10.8. The lowest BCUT2D eigenvalue weighted by molar-refractivity contribution is -0.0450. The summed E-state index contributed by atoms with van der Waals surface area (Å²) in [5.74, 6) is 1.76. The Balaban J connectivity index is 1.21. The molecule has 4 saturated carbocycles. The van der Waals surface area contributed by atoms with Gasteiger partial charge in [-0.25, -0.2) is 4.79 Å². The Bertz CT molecular complexity index is 1080. The highest BCUT2D eigenvalue weighted by molar-refractivity contribution is 5.92.